The van der Waals surface area contributed by atoms with Gasteiger partial charge in [-0.2, -0.15) is 13.2 Å². The second-order valence-electron chi connectivity index (χ2n) is 7.10. The Kier molecular flexibility index (Phi) is 5.19. The molecule has 1 aliphatic carbocycles. The Morgan fingerprint density at radius 2 is 2.10 bits per heavy atom. The summed E-state index contributed by atoms with van der Waals surface area (Å²) >= 11 is 0. The van der Waals surface area contributed by atoms with Crippen molar-refractivity contribution >= 4 is 11.5 Å². The van der Waals surface area contributed by atoms with Crippen LogP contribution in [-0.2, 0) is 28.7 Å². The van der Waals surface area contributed by atoms with Gasteiger partial charge in [0.25, 0.3) is 0 Å². The molecule has 0 unspecified atom stereocenters. The van der Waals surface area contributed by atoms with Crippen LogP contribution in [0.15, 0.2) is 36.4 Å². The number of aliphatic hydroxyl groups is 1. The zero-order valence-electron chi connectivity index (χ0n) is 16.1. The van der Waals surface area contributed by atoms with Crippen LogP contribution in [0.4, 0.5) is 13.2 Å². The third-order valence-corrected chi connectivity index (χ3v) is 5.39. The minimum Gasteiger partial charge on any atom is -0.488 e. The molecule has 2 aromatic carbocycles. The van der Waals surface area contributed by atoms with Crippen LogP contribution in [0.2, 0.25) is 0 Å². The summed E-state index contributed by atoms with van der Waals surface area (Å²) in [4.78, 5) is 11.5. The zero-order valence-corrected chi connectivity index (χ0v) is 16.1. The van der Waals surface area contributed by atoms with Crippen molar-refractivity contribution in [3.05, 3.63) is 64.2 Å². The number of esters is 1. The summed E-state index contributed by atoms with van der Waals surface area (Å²) < 4.78 is 55.9. The van der Waals surface area contributed by atoms with Crippen molar-refractivity contribution in [3.8, 4) is 11.5 Å². The van der Waals surface area contributed by atoms with Crippen LogP contribution in [0, 0.1) is 0 Å². The van der Waals surface area contributed by atoms with Crippen LogP contribution >= 0.6 is 0 Å². The van der Waals surface area contributed by atoms with Gasteiger partial charge >= 0.3 is 12.1 Å². The molecule has 4 rings (SSSR count). The molecular weight excluding hydrogens is 401 g/mol. The van der Waals surface area contributed by atoms with E-state index in [1.807, 2.05) is 0 Å². The average molecular weight is 420 g/mol. The number of alkyl halides is 3. The van der Waals surface area contributed by atoms with Gasteiger partial charge in [-0.3, -0.25) is 0 Å². The summed E-state index contributed by atoms with van der Waals surface area (Å²) in [5.41, 5.74) is 1.72. The number of halogens is 3. The van der Waals surface area contributed by atoms with Gasteiger partial charge in [0, 0.05) is 23.3 Å². The van der Waals surface area contributed by atoms with Crippen molar-refractivity contribution < 1.29 is 37.3 Å². The van der Waals surface area contributed by atoms with Gasteiger partial charge < -0.3 is 19.3 Å². The Hall–Kier alpha value is -3.00. The fraction of sp³-hybridized carbons (Fsp3) is 0.318. The molecule has 1 heterocycles. The van der Waals surface area contributed by atoms with Crippen LogP contribution in [-0.4, -0.2) is 24.8 Å². The Bertz CT molecular complexity index is 1030. The van der Waals surface area contributed by atoms with Gasteiger partial charge in [0.15, 0.2) is 0 Å². The molecule has 30 heavy (non-hydrogen) atoms. The van der Waals surface area contributed by atoms with E-state index in [1.54, 1.807) is 18.2 Å². The number of benzene rings is 2. The van der Waals surface area contributed by atoms with E-state index in [4.69, 9.17) is 9.47 Å². The number of ether oxygens (including phenoxy) is 3. The SMILES string of the molecule is COC(=O)/C=C1\COc2cc(O[C@@H]3CCc4c3ccc(C(F)(F)F)c4CO)ccc21. The first kappa shape index (κ1) is 20.3. The molecular formula is C22H19F3O5. The molecule has 0 bridgehead atoms. The monoisotopic (exact) mass is 420 g/mol. The highest BCUT2D eigenvalue weighted by Crippen LogP contribution is 2.43. The van der Waals surface area contributed by atoms with Crippen LogP contribution in [0.25, 0.3) is 5.57 Å². The molecule has 0 amide bonds. The van der Waals surface area contributed by atoms with Crippen molar-refractivity contribution in [1.82, 2.24) is 0 Å². The summed E-state index contributed by atoms with van der Waals surface area (Å²) in [6.45, 7) is -0.438. The maximum atomic E-state index is 13.2. The van der Waals surface area contributed by atoms with Crippen LogP contribution in [0.5, 0.6) is 11.5 Å². The molecule has 0 fully saturated rings. The maximum Gasteiger partial charge on any atom is 0.416 e. The van der Waals surface area contributed by atoms with E-state index < -0.39 is 30.4 Å². The minimum atomic E-state index is -4.52. The molecule has 2 aromatic rings. The number of carbonyl (C=O) groups is 1. The topological polar surface area (TPSA) is 65.0 Å². The zero-order chi connectivity index (χ0) is 21.5. The summed E-state index contributed by atoms with van der Waals surface area (Å²) in [6, 6.07) is 7.63. The predicted octanol–water partition coefficient (Wildman–Crippen LogP) is 4.21. The van der Waals surface area contributed by atoms with Gasteiger partial charge in [0.05, 0.1) is 19.3 Å². The lowest BCUT2D eigenvalue weighted by Gasteiger charge is -2.18. The van der Waals surface area contributed by atoms with E-state index in [2.05, 4.69) is 4.74 Å². The molecule has 8 heteroatoms. The normalized spacial score (nSPS) is 18.7. The summed E-state index contributed by atoms with van der Waals surface area (Å²) in [6.07, 6.45) is -2.66. The molecule has 0 aromatic heterocycles. The number of rotatable bonds is 4. The molecule has 1 N–H and O–H groups in total. The Labute approximate surface area is 170 Å². The van der Waals surface area contributed by atoms with Crippen LogP contribution in [0.1, 0.15) is 40.3 Å². The van der Waals surface area contributed by atoms with E-state index >= 15 is 0 Å². The van der Waals surface area contributed by atoms with Gasteiger partial charge in [-0.05, 0) is 47.7 Å². The fourth-order valence-electron chi connectivity index (χ4n) is 3.99. The highest BCUT2D eigenvalue weighted by atomic mass is 19.4. The smallest absolute Gasteiger partial charge is 0.416 e. The van der Waals surface area contributed by atoms with Gasteiger partial charge in [-0.1, -0.05) is 6.07 Å². The maximum absolute atomic E-state index is 13.2. The Morgan fingerprint density at radius 3 is 2.80 bits per heavy atom. The lowest BCUT2D eigenvalue weighted by Crippen LogP contribution is -2.12. The number of hydrogen-bond acceptors (Lipinski definition) is 5. The highest BCUT2D eigenvalue weighted by molar-refractivity contribution is 5.93. The molecule has 0 radical (unpaired) electrons. The van der Waals surface area contributed by atoms with Crippen LogP contribution in [0.3, 0.4) is 0 Å². The molecule has 1 atom stereocenters. The number of methoxy groups -OCH3 is 1. The molecule has 0 saturated heterocycles. The van der Waals surface area contributed by atoms with Crippen molar-refractivity contribution in [2.45, 2.75) is 31.7 Å². The van der Waals surface area contributed by atoms with Crippen molar-refractivity contribution in [1.29, 1.82) is 0 Å². The average Bonchev–Trinajstić information content (AvgIpc) is 3.30. The first-order chi connectivity index (χ1) is 14.3. The van der Waals surface area contributed by atoms with Gasteiger partial charge in [-0.15, -0.1) is 0 Å². The van der Waals surface area contributed by atoms with E-state index in [-0.39, 0.29) is 12.2 Å². The summed E-state index contributed by atoms with van der Waals surface area (Å²) in [5.74, 6) is 0.600. The molecule has 5 nitrogen and oxygen atoms in total. The molecule has 158 valence electrons. The Balaban J connectivity index is 1.58. The van der Waals surface area contributed by atoms with Gasteiger partial charge in [-0.25, -0.2) is 4.79 Å². The largest absolute Gasteiger partial charge is 0.488 e. The van der Waals surface area contributed by atoms with E-state index in [1.165, 1.54) is 19.3 Å². The summed E-state index contributed by atoms with van der Waals surface area (Å²) in [5, 5.41) is 9.54. The number of fused-ring (bicyclic) bond motifs is 2. The molecule has 2 aliphatic rings. The van der Waals surface area contributed by atoms with Crippen molar-refractivity contribution in [2.24, 2.45) is 0 Å². The minimum absolute atomic E-state index is 0.0824. The lowest BCUT2D eigenvalue weighted by molar-refractivity contribution is -0.138. The highest BCUT2D eigenvalue weighted by Gasteiger charge is 2.37. The quantitative estimate of drug-likeness (QED) is 0.593. The van der Waals surface area contributed by atoms with Crippen molar-refractivity contribution in [2.75, 3.05) is 13.7 Å². The number of aliphatic hydroxyl groups excluding tert-OH is 1. The Morgan fingerprint density at radius 1 is 1.30 bits per heavy atom. The lowest BCUT2D eigenvalue weighted by atomic mass is 9.97. The third kappa shape index (κ3) is 3.63. The molecule has 0 spiro atoms. The van der Waals surface area contributed by atoms with Gasteiger partial charge in [0.1, 0.15) is 24.2 Å². The first-order valence-electron chi connectivity index (χ1n) is 9.37. The molecule has 1 aliphatic heterocycles. The van der Waals surface area contributed by atoms with E-state index in [9.17, 15) is 23.1 Å². The molecule has 0 saturated carbocycles. The first-order valence-corrected chi connectivity index (χ1v) is 9.37. The van der Waals surface area contributed by atoms with E-state index in [0.717, 1.165) is 11.6 Å². The number of hydrogen-bond donors (Lipinski definition) is 1. The van der Waals surface area contributed by atoms with E-state index in [0.29, 0.717) is 41.0 Å². The standard InChI is InChI=1S/C22H19F3O5/c1-28-21(27)8-12-11-29-20-9-13(2-3-14(12)20)30-19-7-5-15-16(19)4-6-18(17(15)10-26)22(23,24)25/h2-4,6,8-9,19,26H,5,7,10-11H2,1H3/b12-8+/t19-/m1/s1. The van der Waals surface area contributed by atoms with Crippen molar-refractivity contribution in [3.63, 3.8) is 0 Å². The second-order valence-corrected chi connectivity index (χ2v) is 7.10. The van der Waals surface area contributed by atoms with Crippen LogP contribution < -0.4 is 9.47 Å². The summed E-state index contributed by atoms with van der Waals surface area (Å²) in [7, 11) is 1.30. The van der Waals surface area contributed by atoms with Gasteiger partial charge in [0.2, 0.25) is 0 Å². The number of carbonyl (C=O) groups excluding carboxylic acids is 1. The fourth-order valence-corrected chi connectivity index (χ4v) is 3.99. The third-order valence-electron chi connectivity index (χ3n) is 5.39. The second kappa shape index (κ2) is 7.68. The predicted molar refractivity (Wildman–Crippen MR) is 101 cm³/mol.